The number of carbonyl (C=O) groups is 2. The highest BCUT2D eigenvalue weighted by Gasteiger charge is 2.16. The van der Waals surface area contributed by atoms with Crippen LogP contribution in [-0.4, -0.2) is 49.3 Å². The van der Waals surface area contributed by atoms with Gasteiger partial charge in [-0.05, 0) is 31.8 Å². The third-order valence-corrected chi connectivity index (χ3v) is 3.36. The molecule has 0 aromatic carbocycles. The molecule has 6 heteroatoms. The van der Waals surface area contributed by atoms with E-state index >= 15 is 0 Å². The number of carboxylic acid groups (broad SMARTS) is 1. The van der Waals surface area contributed by atoms with Gasteiger partial charge in [0.05, 0.1) is 6.10 Å². The normalized spacial score (nSPS) is 17.9. The van der Waals surface area contributed by atoms with Gasteiger partial charge in [0.15, 0.2) is 0 Å². The summed E-state index contributed by atoms with van der Waals surface area (Å²) in [4.78, 5) is 22.2. The van der Waals surface area contributed by atoms with E-state index < -0.39 is 5.97 Å². The second-order valence-corrected chi connectivity index (χ2v) is 4.94. The topological polar surface area (TPSA) is 87.7 Å². The van der Waals surface area contributed by atoms with Gasteiger partial charge in [0.2, 0.25) is 5.91 Å². The summed E-state index contributed by atoms with van der Waals surface area (Å²) in [7, 11) is 0. The van der Waals surface area contributed by atoms with Crippen LogP contribution >= 0.6 is 0 Å². The van der Waals surface area contributed by atoms with Gasteiger partial charge in [-0.3, -0.25) is 9.59 Å². The van der Waals surface area contributed by atoms with Crippen molar-refractivity contribution >= 4 is 11.9 Å². The predicted octanol–water partition coefficient (Wildman–Crippen LogP) is 0.372. The van der Waals surface area contributed by atoms with E-state index in [0.29, 0.717) is 6.54 Å². The van der Waals surface area contributed by atoms with Gasteiger partial charge in [-0.25, -0.2) is 0 Å². The summed E-state index contributed by atoms with van der Waals surface area (Å²) < 4.78 is 5.52. The lowest BCUT2D eigenvalue weighted by atomic mass is 10.0. The smallest absolute Gasteiger partial charge is 0.303 e. The van der Waals surface area contributed by atoms with E-state index in [-0.39, 0.29) is 31.0 Å². The molecule has 19 heavy (non-hydrogen) atoms. The third-order valence-electron chi connectivity index (χ3n) is 3.36. The Morgan fingerprint density at radius 1 is 1.42 bits per heavy atom. The average molecular weight is 272 g/mol. The van der Waals surface area contributed by atoms with Gasteiger partial charge in [-0.15, -0.1) is 0 Å². The van der Waals surface area contributed by atoms with E-state index in [1.165, 1.54) is 0 Å². The average Bonchev–Trinajstić information content (AvgIpc) is 2.42. The Labute approximate surface area is 113 Å². The maximum Gasteiger partial charge on any atom is 0.303 e. The van der Waals surface area contributed by atoms with Crippen molar-refractivity contribution in [3.8, 4) is 0 Å². The minimum absolute atomic E-state index is 0.0136. The van der Waals surface area contributed by atoms with Crippen molar-refractivity contribution in [2.24, 2.45) is 5.92 Å². The van der Waals surface area contributed by atoms with E-state index in [1.807, 2.05) is 6.92 Å². The Morgan fingerprint density at radius 2 is 2.11 bits per heavy atom. The number of hydrogen-bond donors (Lipinski definition) is 3. The maximum absolute atomic E-state index is 11.6. The first-order valence-corrected chi connectivity index (χ1v) is 6.92. The first kappa shape index (κ1) is 15.9. The fourth-order valence-corrected chi connectivity index (χ4v) is 2.07. The van der Waals surface area contributed by atoms with Gasteiger partial charge in [0.25, 0.3) is 0 Å². The summed E-state index contributed by atoms with van der Waals surface area (Å²) in [6, 6.07) is 0. The number of nitrogens with one attached hydrogen (secondary N) is 2. The first-order valence-electron chi connectivity index (χ1n) is 6.92. The molecule has 1 amide bonds. The molecule has 1 saturated heterocycles. The Hall–Kier alpha value is -1.14. The van der Waals surface area contributed by atoms with Crippen molar-refractivity contribution in [1.82, 2.24) is 10.6 Å². The van der Waals surface area contributed by atoms with Crippen LogP contribution in [0.3, 0.4) is 0 Å². The van der Waals surface area contributed by atoms with Crippen LogP contribution in [0.5, 0.6) is 0 Å². The van der Waals surface area contributed by atoms with Crippen molar-refractivity contribution in [3.63, 3.8) is 0 Å². The molecule has 0 saturated carbocycles. The van der Waals surface area contributed by atoms with Crippen LogP contribution in [0.2, 0.25) is 0 Å². The molecule has 1 rings (SSSR count). The van der Waals surface area contributed by atoms with Gasteiger partial charge in [-0.2, -0.15) is 0 Å². The largest absolute Gasteiger partial charge is 0.481 e. The van der Waals surface area contributed by atoms with Crippen molar-refractivity contribution in [2.75, 3.05) is 26.2 Å². The van der Waals surface area contributed by atoms with Crippen LogP contribution in [-0.2, 0) is 14.3 Å². The number of carboxylic acids is 1. The van der Waals surface area contributed by atoms with Gasteiger partial charge in [0.1, 0.15) is 6.61 Å². The molecule has 1 atom stereocenters. The van der Waals surface area contributed by atoms with Crippen molar-refractivity contribution in [2.45, 2.75) is 38.7 Å². The van der Waals surface area contributed by atoms with Crippen LogP contribution < -0.4 is 10.6 Å². The molecule has 6 nitrogen and oxygen atoms in total. The number of ether oxygens (including phenoxy) is 1. The van der Waals surface area contributed by atoms with E-state index in [0.717, 1.165) is 32.4 Å². The summed E-state index contributed by atoms with van der Waals surface area (Å²) in [6.07, 6.45) is 2.86. The zero-order valence-corrected chi connectivity index (χ0v) is 11.5. The van der Waals surface area contributed by atoms with Crippen LogP contribution in [0.1, 0.15) is 32.6 Å². The molecule has 1 fully saturated rings. The van der Waals surface area contributed by atoms with Crippen molar-refractivity contribution in [1.29, 1.82) is 0 Å². The number of aliphatic carboxylic acids is 1. The van der Waals surface area contributed by atoms with Crippen molar-refractivity contribution in [3.05, 3.63) is 0 Å². The molecule has 1 aliphatic heterocycles. The lowest BCUT2D eigenvalue weighted by Gasteiger charge is -2.22. The molecule has 0 radical (unpaired) electrons. The fourth-order valence-electron chi connectivity index (χ4n) is 2.07. The standard InChI is InChI=1S/C13H24N2O4/c1-2-10(7-13(17)18)8-15-12(16)9-19-11-3-5-14-6-4-11/h10-11,14H,2-9H2,1H3,(H,15,16)(H,17,18). The highest BCUT2D eigenvalue weighted by molar-refractivity contribution is 5.77. The SMILES string of the molecule is CCC(CNC(=O)COC1CCNCC1)CC(=O)O. The summed E-state index contributed by atoms with van der Waals surface area (Å²) in [6.45, 7) is 4.25. The monoisotopic (exact) mass is 272 g/mol. The van der Waals surface area contributed by atoms with Crippen LogP contribution in [0.15, 0.2) is 0 Å². The number of carbonyl (C=O) groups excluding carboxylic acids is 1. The Kier molecular flexibility index (Phi) is 7.43. The predicted molar refractivity (Wildman–Crippen MR) is 70.9 cm³/mol. The number of hydrogen-bond acceptors (Lipinski definition) is 4. The first-order chi connectivity index (χ1) is 9.11. The van der Waals surface area contributed by atoms with E-state index in [9.17, 15) is 9.59 Å². The maximum atomic E-state index is 11.6. The van der Waals surface area contributed by atoms with Gasteiger partial charge >= 0.3 is 5.97 Å². The second-order valence-electron chi connectivity index (χ2n) is 4.94. The quantitative estimate of drug-likeness (QED) is 0.594. The lowest BCUT2D eigenvalue weighted by Crippen LogP contribution is -2.37. The highest BCUT2D eigenvalue weighted by Crippen LogP contribution is 2.08. The van der Waals surface area contributed by atoms with Gasteiger partial charge in [-0.1, -0.05) is 13.3 Å². The molecular weight excluding hydrogens is 248 g/mol. The van der Waals surface area contributed by atoms with Crippen molar-refractivity contribution < 1.29 is 19.4 Å². The molecule has 0 aromatic heterocycles. The number of rotatable bonds is 8. The van der Waals surface area contributed by atoms with E-state index in [4.69, 9.17) is 9.84 Å². The number of piperidine rings is 1. The molecule has 0 bridgehead atoms. The summed E-state index contributed by atoms with van der Waals surface area (Å²) in [5.41, 5.74) is 0. The molecule has 1 heterocycles. The van der Waals surface area contributed by atoms with Crippen LogP contribution in [0.4, 0.5) is 0 Å². The van der Waals surface area contributed by atoms with E-state index in [1.54, 1.807) is 0 Å². The Balaban J connectivity index is 2.13. The molecule has 0 aromatic rings. The number of amides is 1. The minimum Gasteiger partial charge on any atom is -0.481 e. The van der Waals surface area contributed by atoms with Gasteiger partial charge in [0, 0.05) is 13.0 Å². The van der Waals surface area contributed by atoms with Crippen LogP contribution in [0.25, 0.3) is 0 Å². The third kappa shape index (κ3) is 7.12. The Morgan fingerprint density at radius 3 is 2.68 bits per heavy atom. The molecule has 1 unspecified atom stereocenters. The zero-order valence-electron chi connectivity index (χ0n) is 11.5. The second kappa shape index (κ2) is 8.87. The minimum atomic E-state index is -0.827. The van der Waals surface area contributed by atoms with Gasteiger partial charge < -0.3 is 20.5 Å². The lowest BCUT2D eigenvalue weighted by molar-refractivity contribution is -0.138. The summed E-state index contributed by atoms with van der Waals surface area (Å²) in [5.74, 6) is -1.00. The van der Waals surface area contributed by atoms with E-state index in [2.05, 4.69) is 10.6 Å². The molecule has 0 aliphatic carbocycles. The summed E-state index contributed by atoms with van der Waals surface area (Å²) >= 11 is 0. The molecule has 1 aliphatic rings. The molecule has 0 spiro atoms. The molecular formula is C13H24N2O4. The molecule has 3 N–H and O–H groups in total. The highest BCUT2D eigenvalue weighted by atomic mass is 16.5. The fraction of sp³-hybridized carbons (Fsp3) is 0.846. The Bertz CT molecular complexity index is 290. The van der Waals surface area contributed by atoms with Crippen LogP contribution in [0, 0.1) is 5.92 Å². The molecule has 110 valence electrons. The summed E-state index contributed by atoms with van der Waals surface area (Å²) in [5, 5.41) is 14.7. The zero-order chi connectivity index (χ0) is 14.1.